The molecule has 1 aliphatic carbocycles. The number of methoxy groups -OCH3 is 1. The van der Waals surface area contributed by atoms with E-state index in [1.165, 1.54) is 19.2 Å². The normalized spacial score (nSPS) is 14.5. The minimum Gasteiger partial charge on any atom is -0.495 e. The maximum absolute atomic E-state index is 12.4. The van der Waals surface area contributed by atoms with E-state index >= 15 is 0 Å². The fourth-order valence-corrected chi connectivity index (χ4v) is 3.69. The van der Waals surface area contributed by atoms with Gasteiger partial charge in [0.25, 0.3) is 5.91 Å². The van der Waals surface area contributed by atoms with Crippen LogP contribution in [0.4, 0.5) is 0 Å². The summed E-state index contributed by atoms with van der Waals surface area (Å²) in [5, 5.41) is 2.81. The van der Waals surface area contributed by atoms with E-state index < -0.39 is 10.0 Å². The number of ether oxygens (including phenoxy) is 1. The van der Waals surface area contributed by atoms with E-state index in [1.807, 2.05) is 0 Å². The van der Waals surface area contributed by atoms with Gasteiger partial charge in [-0.25, -0.2) is 13.1 Å². The molecule has 1 amide bonds. The van der Waals surface area contributed by atoms with Crippen LogP contribution in [0.1, 0.15) is 49.4 Å². The average Bonchev–Trinajstić information content (AvgIpc) is 3.34. The van der Waals surface area contributed by atoms with Crippen LogP contribution in [0.25, 0.3) is 0 Å². The highest BCUT2D eigenvalue weighted by atomic mass is 32.2. The number of unbranched alkanes of at least 4 members (excludes halogenated alkanes) is 2. The van der Waals surface area contributed by atoms with Gasteiger partial charge in [-0.3, -0.25) is 4.79 Å². The molecule has 0 bridgehead atoms. The third-order valence-electron chi connectivity index (χ3n) is 3.68. The quantitative estimate of drug-likeness (QED) is 0.674. The molecule has 1 fully saturated rings. The van der Waals surface area contributed by atoms with E-state index in [4.69, 9.17) is 4.74 Å². The third-order valence-corrected chi connectivity index (χ3v) is 5.22. The second-order valence-electron chi connectivity index (χ2n) is 5.72. The van der Waals surface area contributed by atoms with E-state index in [1.54, 1.807) is 6.07 Å². The summed E-state index contributed by atoms with van der Waals surface area (Å²) in [6.07, 6.45) is 4.73. The highest BCUT2D eigenvalue weighted by molar-refractivity contribution is 7.89. The van der Waals surface area contributed by atoms with Gasteiger partial charge in [0.05, 0.1) is 7.11 Å². The number of sulfonamides is 1. The van der Waals surface area contributed by atoms with Gasteiger partial charge < -0.3 is 10.1 Å². The Labute approximate surface area is 137 Å². The summed E-state index contributed by atoms with van der Waals surface area (Å²) in [6, 6.07) is 4.46. The van der Waals surface area contributed by atoms with E-state index in [-0.39, 0.29) is 22.6 Å². The lowest BCUT2D eigenvalue weighted by atomic mass is 10.2. The Hall–Kier alpha value is -1.60. The van der Waals surface area contributed by atoms with Crippen molar-refractivity contribution in [1.29, 1.82) is 0 Å². The lowest BCUT2D eigenvalue weighted by Crippen LogP contribution is -2.28. The van der Waals surface area contributed by atoms with Crippen molar-refractivity contribution in [3.8, 4) is 5.75 Å². The Morgan fingerprint density at radius 3 is 2.65 bits per heavy atom. The molecular formula is C16H24N2O4S. The summed E-state index contributed by atoms with van der Waals surface area (Å²) in [6.45, 7) is 2.68. The fraction of sp³-hybridized carbons (Fsp3) is 0.562. The molecule has 0 spiro atoms. The van der Waals surface area contributed by atoms with Crippen LogP contribution in [0.2, 0.25) is 0 Å². The second-order valence-corrected chi connectivity index (χ2v) is 7.41. The van der Waals surface area contributed by atoms with Crippen molar-refractivity contribution in [3.05, 3.63) is 23.8 Å². The Kier molecular flexibility index (Phi) is 6.01. The van der Waals surface area contributed by atoms with Gasteiger partial charge in [-0.2, -0.15) is 0 Å². The van der Waals surface area contributed by atoms with E-state index in [9.17, 15) is 13.2 Å². The number of amides is 1. The standard InChI is InChI=1S/C16H24N2O4S/c1-3-4-5-10-17-16(19)12-6-9-14(22-2)15(11-12)23(20,21)18-13-7-8-13/h6,9,11,13,18H,3-5,7-8,10H2,1-2H3,(H,17,19). The van der Waals surface area contributed by atoms with Gasteiger partial charge in [0.15, 0.2) is 0 Å². The maximum Gasteiger partial charge on any atom is 0.251 e. The summed E-state index contributed by atoms with van der Waals surface area (Å²) in [7, 11) is -2.27. The van der Waals surface area contributed by atoms with Crippen LogP contribution >= 0.6 is 0 Å². The largest absolute Gasteiger partial charge is 0.495 e. The SMILES string of the molecule is CCCCCNC(=O)c1ccc(OC)c(S(=O)(=O)NC2CC2)c1. The number of hydrogen-bond acceptors (Lipinski definition) is 4. The molecule has 2 rings (SSSR count). The Balaban J connectivity index is 2.16. The zero-order chi connectivity index (χ0) is 16.9. The predicted octanol–water partition coefficient (Wildman–Crippen LogP) is 2.06. The molecule has 1 aliphatic rings. The van der Waals surface area contributed by atoms with Gasteiger partial charge >= 0.3 is 0 Å². The van der Waals surface area contributed by atoms with Gasteiger partial charge in [0.1, 0.15) is 10.6 Å². The molecule has 0 saturated heterocycles. The van der Waals surface area contributed by atoms with Crippen molar-refractivity contribution in [2.75, 3.05) is 13.7 Å². The molecule has 23 heavy (non-hydrogen) atoms. The summed E-state index contributed by atoms with van der Waals surface area (Å²) >= 11 is 0. The average molecular weight is 340 g/mol. The summed E-state index contributed by atoms with van der Waals surface area (Å²) < 4.78 is 32.6. The zero-order valence-corrected chi connectivity index (χ0v) is 14.4. The maximum atomic E-state index is 12.4. The predicted molar refractivity (Wildman–Crippen MR) is 88.2 cm³/mol. The minimum absolute atomic E-state index is 0.00349. The first-order valence-corrected chi connectivity index (χ1v) is 9.45. The van der Waals surface area contributed by atoms with E-state index in [0.717, 1.165) is 32.1 Å². The summed E-state index contributed by atoms with van der Waals surface area (Å²) in [5.41, 5.74) is 0.318. The summed E-state index contributed by atoms with van der Waals surface area (Å²) in [5.74, 6) is -0.0349. The molecule has 0 unspecified atom stereocenters. The molecule has 0 aliphatic heterocycles. The number of benzene rings is 1. The molecule has 1 saturated carbocycles. The van der Waals surface area contributed by atoms with Gasteiger partial charge in [-0.1, -0.05) is 19.8 Å². The Morgan fingerprint density at radius 2 is 2.04 bits per heavy atom. The van der Waals surface area contributed by atoms with Crippen LogP contribution < -0.4 is 14.8 Å². The van der Waals surface area contributed by atoms with Crippen molar-refractivity contribution in [1.82, 2.24) is 10.0 Å². The van der Waals surface area contributed by atoms with Crippen molar-refractivity contribution in [2.24, 2.45) is 0 Å². The van der Waals surface area contributed by atoms with Crippen LogP contribution in [0.5, 0.6) is 5.75 Å². The third kappa shape index (κ3) is 4.94. The molecule has 0 heterocycles. The molecular weight excluding hydrogens is 316 g/mol. The summed E-state index contributed by atoms with van der Waals surface area (Å²) in [4.78, 5) is 12.2. The van der Waals surface area contributed by atoms with Crippen LogP contribution in [0.3, 0.4) is 0 Å². The van der Waals surface area contributed by atoms with Crippen molar-refractivity contribution >= 4 is 15.9 Å². The van der Waals surface area contributed by atoms with Crippen molar-refractivity contribution in [3.63, 3.8) is 0 Å². The molecule has 0 radical (unpaired) electrons. The molecule has 1 aromatic carbocycles. The first-order chi connectivity index (χ1) is 11.0. The minimum atomic E-state index is -3.68. The molecule has 0 aromatic heterocycles. The molecule has 6 nitrogen and oxygen atoms in total. The Morgan fingerprint density at radius 1 is 1.30 bits per heavy atom. The second kappa shape index (κ2) is 7.79. The molecule has 7 heteroatoms. The van der Waals surface area contributed by atoms with Crippen molar-refractivity contribution in [2.45, 2.75) is 50.0 Å². The number of carbonyl (C=O) groups excluding carboxylic acids is 1. The number of nitrogens with one attached hydrogen (secondary N) is 2. The lowest BCUT2D eigenvalue weighted by Gasteiger charge is -2.12. The smallest absolute Gasteiger partial charge is 0.251 e. The molecule has 2 N–H and O–H groups in total. The lowest BCUT2D eigenvalue weighted by molar-refractivity contribution is 0.0952. The van der Waals surface area contributed by atoms with Crippen molar-refractivity contribution < 1.29 is 17.9 Å². The van der Waals surface area contributed by atoms with Gasteiger partial charge in [-0.05, 0) is 37.5 Å². The number of rotatable bonds is 9. The molecule has 1 aromatic rings. The van der Waals surface area contributed by atoms with Gasteiger partial charge in [-0.15, -0.1) is 0 Å². The van der Waals surface area contributed by atoms with Crippen LogP contribution in [-0.2, 0) is 10.0 Å². The highest BCUT2D eigenvalue weighted by Gasteiger charge is 2.30. The molecule has 128 valence electrons. The Bertz CT molecular complexity index is 654. The van der Waals surface area contributed by atoms with Crippen LogP contribution in [0, 0.1) is 0 Å². The number of hydrogen-bond donors (Lipinski definition) is 2. The van der Waals surface area contributed by atoms with Gasteiger partial charge in [0, 0.05) is 18.2 Å². The van der Waals surface area contributed by atoms with Gasteiger partial charge in [0.2, 0.25) is 10.0 Å². The van der Waals surface area contributed by atoms with E-state index in [0.29, 0.717) is 12.1 Å². The zero-order valence-electron chi connectivity index (χ0n) is 13.6. The highest BCUT2D eigenvalue weighted by Crippen LogP contribution is 2.28. The monoisotopic (exact) mass is 340 g/mol. The molecule has 0 atom stereocenters. The van der Waals surface area contributed by atoms with Crippen LogP contribution in [0.15, 0.2) is 23.1 Å². The first kappa shape index (κ1) is 17.7. The van der Waals surface area contributed by atoms with Crippen LogP contribution in [-0.4, -0.2) is 34.0 Å². The topological polar surface area (TPSA) is 84.5 Å². The number of carbonyl (C=O) groups is 1. The van der Waals surface area contributed by atoms with E-state index in [2.05, 4.69) is 17.0 Å². The first-order valence-electron chi connectivity index (χ1n) is 7.96. The fourth-order valence-electron chi connectivity index (χ4n) is 2.19.